The molecule has 1 aliphatic rings. The lowest BCUT2D eigenvalue weighted by Crippen LogP contribution is -2.39. The standard InChI is InChI=1S/C16H26N2O2S/c1-12-9-13(2)11-15(10-12)18-21(19,20)16-5-3-14(4-6-16)7-8-17/h3-6,12-13,15,18H,7-11,17H2,1-2H3. The second-order valence-electron chi connectivity index (χ2n) is 6.42. The lowest BCUT2D eigenvalue weighted by molar-refractivity contribution is 0.257. The predicted octanol–water partition coefficient (Wildman–Crippen LogP) is 2.29. The Morgan fingerprint density at radius 1 is 1.10 bits per heavy atom. The Labute approximate surface area is 128 Å². The molecule has 4 nitrogen and oxygen atoms in total. The van der Waals surface area contributed by atoms with Gasteiger partial charge in [-0.05, 0) is 61.8 Å². The number of hydrogen-bond acceptors (Lipinski definition) is 3. The van der Waals surface area contributed by atoms with Gasteiger partial charge in [0.25, 0.3) is 0 Å². The van der Waals surface area contributed by atoms with Crippen molar-refractivity contribution in [3.05, 3.63) is 29.8 Å². The predicted molar refractivity (Wildman–Crippen MR) is 85.5 cm³/mol. The van der Waals surface area contributed by atoms with Gasteiger partial charge in [0.05, 0.1) is 4.90 Å². The zero-order valence-electron chi connectivity index (χ0n) is 12.9. The molecule has 1 aromatic carbocycles. The van der Waals surface area contributed by atoms with Crippen LogP contribution in [0.15, 0.2) is 29.2 Å². The molecule has 0 bridgehead atoms. The molecule has 1 saturated carbocycles. The van der Waals surface area contributed by atoms with Crippen LogP contribution >= 0.6 is 0 Å². The smallest absolute Gasteiger partial charge is 0.240 e. The second kappa shape index (κ2) is 6.90. The van der Waals surface area contributed by atoms with Crippen LogP contribution in [-0.4, -0.2) is 21.0 Å². The highest BCUT2D eigenvalue weighted by Crippen LogP contribution is 2.29. The Bertz CT molecular complexity index is 544. The third-order valence-electron chi connectivity index (χ3n) is 4.17. The molecule has 21 heavy (non-hydrogen) atoms. The summed E-state index contributed by atoms with van der Waals surface area (Å²) in [7, 11) is -3.42. The molecule has 0 amide bonds. The molecular weight excluding hydrogens is 284 g/mol. The van der Waals surface area contributed by atoms with E-state index in [0.717, 1.165) is 24.8 Å². The average Bonchev–Trinajstić information content (AvgIpc) is 2.38. The summed E-state index contributed by atoms with van der Waals surface area (Å²) in [6.07, 6.45) is 3.81. The van der Waals surface area contributed by atoms with Crippen LogP contribution in [-0.2, 0) is 16.4 Å². The van der Waals surface area contributed by atoms with Crippen molar-refractivity contribution in [1.29, 1.82) is 0 Å². The fourth-order valence-corrected chi connectivity index (χ4v) is 4.59. The normalized spacial score (nSPS) is 26.7. The second-order valence-corrected chi connectivity index (χ2v) is 8.13. The van der Waals surface area contributed by atoms with Gasteiger partial charge in [-0.25, -0.2) is 13.1 Å². The highest BCUT2D eigenvalue weighted by Gasteiger charge is 2.27. The van der Waals surface area contributed by atoms with Crippen LogP contribution in [0.2, 0.25) is 0 Å². The maximum Gasteiger partial charge on any atom is 0.240 e. The first kappa shape index (κ1) is 16.5. The summed E-state index contributed by atoms with van der Waals surface area (Å²) in [5.74, 6) is 1.15. The lowest BCUT2D eigenvalue weighted by Gasteiger charge is -2.31. The molecule has 3 N–H and O–H groups in total. The molecule has 5 heteroatoms. The Morgan fingerprint density at radius 2 is 1.67 bits per heavy atom. The summed E-state index contributed by atoms with van der Waals surface area (Å²) >= 11 is 0. The third-order valence-corrected chi connectivity index (χ3v) is 5.70. The first-order chi connectivity index (χ1) is 9.90. The molecule has 0 aromatic heterocycles. The van der Waals surface area contributed by atoms with Crippen molar-refractivity contribution >= 4 is 10.0 Å². The number of hydrogen-bond donors (Lipinski definition) is 2. The van der Waals surface area contributed by atoms with E-state index in [2.05, 4.69) is 18.6 Å². The summed E-state index contributed by atoms with van der Waals surface area (Å²) in [6.45, 7) is 4.96. The topological polar surface area (TPSA) is 72.2 Å². The molecule has 0 spiro atoms. The number of nitrogens with one attached hydrogen (secondary N) is 1. The van der Waals surface area contributed by atoms with Crippen LogP contribution in [0.1, 0.15) is 38.7 Å². The van der Waals surface area contributed by atoms with Crippen molar-refractivity contribution in [3.63, 3.8) is 0 Å². The van der Waals surface area contributed by atoms with E-state index < -0.39 is 10.0 Å². The van der Waals surface area contributed by atoms with Gasteiger partial charge in [-0.15, -0.1) is 0 Å². The molecule has 118 valence electrons. The largest absolute Gasteiger partial charge is 0.330 e. The first-order valence-corrected chi connectivity index (χ1v) is 9.20. The molecule has 2 atom stereocenters. The van der Waals surface area contributed by atoms with Crippen LogP contribution in [0.5, 0.6) is 0 Å². The van der Waals surface area contributed by atoms with Crippen LogP contribution < -0.4 is 10.5 Å². The van der Waals surface area contributed by atoms with Gasteiger partial charge in [-0.2, -0.15) is 0 Å². The van der Waals surface area contributed by atoms with Gasteiger partial charge in [0.15, 0.2) is 0 Å². The van der Waals surface area contributed by atoms with E-state index in [9.17, 15) is 8.42 Å². The molecular formula is C16H26N2O2S. The summed E-state index contributed by atoms with van der Waals surface area (Å²) in [4.78, 5) is 0.342. The van der Waals surface area contributed by atoms with E-state index in [1.54, 1.807) is 12.1 Å². The van der Waals surface area contributed by atoms with Crippen LogP contribution in [0.4, 0.5) is 0 Å². The molecule has 0 radical (unpaired) electrons. The minimum atomic E-state index is -3.42. The molecule has 0 heterocycles. The van der Waals surface area contributed by atoms with Crippen molar-refractivity contribution in [2.24, 2.45) is 17.6 Å². The van der Waals surface area contributed by atoms with Crippen LogP contribution in [0, 0.1) is 11.8 Å². The van der Waals surface area contributed by atoms with Crippen LogP contribution in [0.3, 0.4) is 0 Å². The lowest BCUT2D eigenvalue weighted by atomic mass is 9.81. The van der Waals surface area contributed by atoms with Crippen molar-refractivity contribution < 1.29 is 8.42 Å². The van der Waals surface area contributed by atoms with Gasteiger partial charge in [0.1, 0.15) is 0 Å². The van der Waals surface area contributed by atoms with E-state index in [1.807, 2.05) is 12.1 Å². The average molecular weight is 310 g/mol. The third kappa shape index (κ3) is 4.53. The molecule has 0 saturated heterocycles. The van der Waals surface area contributed by atoms with E-state index in [4.69, 9.17) is 5.73 Å². The van der Waals surface area contributed by atoms with E-state index in [-0.39, 0.29) is 6.04 Å². The molecule has 1 fully saturated rings. The van der Waals surface area contributed by atoms with Crippen molar-refractivity contribution in [3.8, 4) is 0 Å². The molecule has 1 aliphatic carbocycles. The highest BCUT2D eigenvalue weighted by molar-refractivity contribution is 7.89. The monoisotopic (exact) mass is 310 g/mol. The summed E-state index contributed by atoms with van der Waals surface area (Å²) < 4.78 is 27.8. The van der Waals surface area contributed by atoms with Gasteiger partial charge in [0.2, 0.25) is 10.0 Å². The number of sulfonamides is 1. The van der Waals surface area contributed by atoms with Crippen LogP contribution in [0.25, 0.3) is 0 Å². The zero-order chi connectivity index (χ0) is 15.5. The van der Waals surface area contributed by atoms with E-state index >= 15 is 0 Å². The summed E-state index contributed by atoms with van der Waals surface area (Å²) in [5.41, 5.74) is 6.57. The van der Waals surface area contributed by atoms with Crippen molar-refractivity contribution in [2.75, 3.05) is 6.54 Å². The highest BCUT2D eigenvalue weighted by atomic mass is 32.2. The Balaban J connectivity index is 2.07. The van der Waals surface area contributed by atoms with Gasteiger partial charge in [-0.1, -0.05) is 26.0 Å². The summed E-state index contributed by atoms with van der Waals surface area (Å²) in [5, 5.41) is 0. The van der Waals surface area contributed by atoms with Crippen molar-refractivity contribution in [1.82, 2.24) is 4.72 Å². The fourth-order valence-electron chi connectivity index (χ4n) is 3.33. The quantitative estimate of drug-likeness (QED) is 0.876. The van der Waals surface area contributed by atoms with Gasteiger partial charge in [0, 0.05) is 6.04 Å². The van der Waals surface area contributed by atoms with Gasteiger partial charge < -0.3 is 5.73 Å². The van der Waals surface area contributed by atoms with Crippen molar-refractivity contribution in [2.45, 2.75) is 50.5 Å². The summed E-state index contributed by atoms with van der Waals surface area (Å²) in [6, 6.07) is 7.07. The van der Waals surface area contributed by atoms with Gasteiger partial charge >= 0.3 is 0 Å². The Hall–Kier alpha value is -0.910. The SMILES string of the molecule is CC1CC(C)CC(NS(=O)(=O)c2ccc(CCN)cc2)C1. The minimum Gasteiger partial charge on any atom is -0.330 e. The Morgan fingerprint density at radius 3 is 2.19 bits per heavy atom. The van der Waals surface area contributed by atoms with E-state index in [1.165, 1.54) is 6.42 Å². The maximum absolute atomic E-state index is 12.4. The fraction of sp³-hybridized carbons (Fsp3) is 0.625. The zero-order valence-corrected chi connectivity index (χ0v) is 13.7. The minimum absolute atomic E-state index is 0.0532. The number of nitrogens with two attached hydrogens (primary N) is 1. The molecule has 2 rings (SSSR count). The Kier molecular flexibility index (Phi) is 5.41. The number of rotatable bonds is 5. The molecule has 2 unspecified atom stereocenters. The maximum atomic E-state index is 12.4. The first-order valence-electron chi connectivity index (χ1n) is 7.72. The van der Waals surface area contributed by atoms with E-state index in [0.29, 0.717) is 23.3 Å². The molecule has 0 aliphatic heterocycles. The number of benzene rings is 1. The molecule has 1 aromatic rings. The van der Waals surface area contributed by atoms with Gasteiger partial charge in [-0.3, -0.25) is 0 Å².